The van der Waals surface area contributed by atoms with E-state index in [1.807, 2.05) is 6.92 Å². The van der Waals surface area contributed by atoms with Gasteiger partial charge in [0.15, 0.2) is 0 Å². The molecule has 1 amide bonds. The van der Waals surface area contributed by atoms with E-state index in [-0.39, 0.29) is 11.5 Å². The molecule has 0 bridgehead atoms. The first-order valence-electron chi connectivity index (χ1n) is 5.68. The van der Waals surface area contributed by atoms with E-state index in [1.165, 1.54) is 12.1 Å². The predicted molar refractivity (Wildman–Crippen MR) is 78.3 cm³/mol. The highest BCUT2D eigenvalue weighted by molar-refractivity contribution is 9.10. The lowest BCUT2D eigenvalue weighted by Crippen LogP contribution is -2.13. The van der Waals surface area contributed by atoms with Gasteiger partial charge in [0.25, 0.3) is 5.91 Å². The molecule has 0 atom stereocenters. The Morgan fingerprint density at radius 1 is 1.45 bits per heavy atom. The number of aromatic carboxylic acids is 1. The van der Waals surface area contributed by atoms with Gasteiger partial charge in [-0.1, -0.05) is 11.4 Å². The highest BCUT2D eigenvalue weighted by Crippen LogP contribution is 2.25. The molecule has 1 aromatic carbocycles. The van der Waals surface area contributed by atoms with Crippen molar-refractivity contribution in [2.75, 3.05) is 5.32 Å². The molecule has 2 aromatic rings. The molecule has 6 nitrogen and oxygen atoms in total. The average molecular weight is 356 g/mol. The van der Waals surface area contributed by atoms with Gasteiger partial charge in [0.05, 0.1) is 16.9 Å². The van der Waals surface area contributed by atoms with Gasteiger partial charge in [0.1, 0.15) is 4.88 Å². The molecule has 1 heterocycles. The Kier molecular flexibility index (Phi) is 4.46. The molecule has 1 aromatic heterocycles. The van der Waals surface area contributed by atoms with Crippen LogP contribution in [0.1, 0.15) is 32.6 Å². The number of rotatable bonds is 4. The first-order valence-corrected chi connectivity index (χ1v) is 7.25. The van der Waals surface area contributed by atoms with Crippen molar-refractivity contribution >= 4 is 45.0 Å². The van der Waals surface area contributed by atoms with Crippen molar-refractivity contribution in [2.24, 2.45) is 0 Å². The second-order valence-corrected chi connectivity index (χ2v) is 5.46. The average Bonchev–Trinajstić information content (AvgIpc) is 2.89. The Labute approximate surface area is 127 Å². The Hall–Kier alpha value is -1.80. The summed E-state index contributed by atoms with van der Waals surface area (Å²) in [7, 11) is 0. The zero-order valence-corrected chi connectivity index (χ0v) is 12.8. The summed E-state index contributed by atoms with van der Waals surface area (Å²) in [5, 5.41) is 15.5. The van der Waals surface area contributed by atoms with Gasteiger partial charge in [-0.15, -0.1) is 5.10 Å². The third-order valence-corrected chi connectivity index (χ3v) is 4.02. The lowest BCUT2D eigenvalue weighted by atomic mass is 10.2. The summed E-state index contributed by atoms with van der Waals surface area (Å²) in [6, 6.07) is 4.42. The number of carbonyl (C=O) groups excluding carboxylic acids is 1. The van der Waals surface area contributed by atoms with Crippen LogP contribution in [0.3, 0.4) is 0 Å². The molecule has 0 aliphatic carbocycles. The molecule has 8 heteroatoms. The van der Waals surface area contributed by atoms with Crippen LogP contribution in [0.4, 0.5) is 5.69 Å². The number of amides is 1. The topological polar surface area (TPSA) is 92.2 Å². The van der Waals surface area contributed by atoms with Gasteiger partial charge in [-0.25, -0.2) is 4.79 Å². The first kappa shape index (κ1) is 14.6. The molecule has 0 aliphatic heterocycles. The summed E-state index contributed by atoms with van der Waals surface area (Å²) < 4.78 is 4.35. The first-order chi connectivity index (χ1) is 9.52. The number of aromatic nitrogens is 2. The third kappa shape index (κ3) is 3.02. The molecule has 2 N–H and O–H groups in total. The minimum Gasteiger partial charge on any atom is -0.478 e. The molecular weight excluding hydrogens is 346 g/mol. The maximum Gasteiger partial charge on any atom is 0.335 e. The largest absolute Gasteiger partial charge is 0.478 e. The smallest absolute Gasteiger partial charge is 0.335 e. The van der Waals surface area contributed by atoms with Gasteiger partial charge in [0.2, 0.25) is 0 Å². The van der Waals surface area contributed by atoms with Gasteiger partial charge in [-0.3, -0.25) is 4.79 Å². The number of carbonyl (C=O) groups is 2. The predicted octanol–water partition coefficient (Wildman–Crippen LogP) is 2.81. The van der Waals surface area contributed by atoms with Crippen molar-refractivity contribution in [3.8, 4) is 0 Å². The highest BCUT2D eigenvalue weighted by Gasteiger charge is 2.17. The van der Waals surface area contributed by atoms with E-state index in [0.29, 0.717) is 27.2 Å². The summed E-state index contributed by atoms with van der Waals surface area (Å²) in [5.74, 6) is -1.40. The van der Waals surface area contributed by atoms with E-state index in [1.54, 1.807) is 6.07 Å². The number of hydrogen-bond donors (Lipinski definition) is 2. The quantitative estimate of drug-likeness (QED) is 0.879. The van der Waals surface area contributed by atoms with Gasteiger partial charge in [0, 0.05) is 4.47 Å². The number of halogens is 1. The van der Waals surface area contributed by atoms with Crippen LogP contribution in [0, 0.1) is 0 Å². The summed E-state index contributed by atoms with van der Waals surface area (Å²) in [5.41, 5.74) is 1.12. The van der Waals surface area contributed by atoms with Crippen LogP contribution in [0.2, 0.25) is 0 Å². The van der Waals surface area contributed by atoms with Crippen LogP contribution in [0.25, 0.3) is 0 Å². The Bertz CT molecular complexity index is 672. The molecule has 2 rings (SSSR count). The van der Waals surface area contributed by atoms with Crippen molar-refractivity contribution in [2.45, 2.75) is 13.3 Å². The van der Waals surface area contributed by atoms with Gasteiger partial charge < -0.3 is 10.4 Å². The van der Waals surface area contributed by atoms with Crippen molar-refractivity contribution in [1.82, 2.24) is 9.59 Å². The van der Waals surface area contributed by atoms with Crippen LogP contribution < -0.4 is 5.32 Å². The number of hydrogen-bond acceptors (Lipinski definition) is 5. The SMILES string of the molecule is CCc1nnsc1C(=O)Nc1cc(C(=O)O)ccc1Br. The second kappa shape index (κ2) is 6.10. The van der Waals surface area contributed by atoms with Crippen LogP contribution in [0.15, 0.2) is 22.7 Å². The minimum atomic E-state index is -1.05. The van der Waals surface area contributed by atoms with Crippen molar-refractivity contribution < 1.29 is 14.7 Å². The molecule has 20 heavy (non-hydrogen) atoms. The fraction of sp³-hybridized carbons (Fsp3) is 0.167. The van der Waals surface area contributed by atoms with Gasteiger partial charge in [-0.2, -0.15) is 0 Å². The van der Waals surface area contributed by atoms with Crippen molar-refractivity contribution in [3.05, 3.63) is 38.8 Å². The highest BCUT2D eigenvalue weighted by atomic mass is 79.9. The molecule has 0 aliphatic rings. The summed E-state index contributed by atoms with van der Waals surface area (Å²) >= 11 is 4.28. The summed E-state index contributed by atoms with van der Waals surface area (Å²) in [4.78, 5) is 23.5. The molecule has 0 saturated heterocycles. The van der Waals surface area contributed by atoms with E-state index >= 15 is 0 Å². The minimum absolute atomic E-state index is 0.0987. The third-order valence-electron chi connectivity index (χ3n) is 2.56. The molecule has 0 saturated carbocycles. The number of anilines is 1. The second-order valence-electron chi connectivity index (χ2n) is 3.86. The number of carboxylic acids is 1. The lowest BCUT2D eigenvalue weighted by Gasteiger charge is -2.07. The molecule has 104 valence electrons. The maximum atomic E-state index is 12.1. The van der Waals surface area contributed by atoms with Crippen molar-refractivity contribution in [1.29, 1.82) is 0 Å². The number of nitrogens with zero attached hydrogens (tertiary/aromatic N) is 2. The lowest BCUT2D eigenvalue weighted by molar-refractivity contribution is 0.0696. The van der Waals surface area contributed by atoms with E-state index in [0.717, 1.165) is 11.5 Å². The molecular formula is C12H10BrN3O3S. The Morgan fingerprint density at radius 2 is 2.20 bits per heavy atom. The van der Waals surface area contributed by atoms with Crippen LogP contribution in [-0.4, -0.2) is 26.6 Å². The molecule has 0 fully saturated rings. The van der Waals surface area contributed by atoms with Crippen LogP contribution in [0.5, 0.6) is 0 Å². The number of nitrogens with one attached hydrogen (secondary N) is 1. The van der Waals surface area contributed by atoms with Crippen LogP contribution >= 0.6 is 27.5 Å². The Balaban J connectivity index is 2.28. The van der Waals surface area contributed by atoms with E-state index in [9.17, 15) is 9.59 Å². The maximum absolute atomic E-state index is 12.1. The summed E-state index contributed by atoms with van der Waals surface area (Å²) in [6.45, 7) is 1.88. The zero-order valence-electron chi connectivity index (χ0n) is 10.4. The number of benzene rings is 1. The Morgan fingerprint density at radius 3 is 2.85 bits per heavy atom. The fourth-order valence-electron chi connectivity index (χ4n) is 1.55. The summed E-state index contributed by atoms with van der Waals surface area (Å²) in [6.07, 6.45) is 0.607. The standard InChI is InChI=1S/C12H10BrN3O3S/c1-2-8-10(20-16-15-8)11(17)14-9-5-6(12(18)19)3-4-7(9)13/h3-5H,2H2,1H3,(H,14,17)(H,18,19). The normalized spacial score (nSPS) is 10.3. The molecule has 0 radical (unpaired) electrons. The van der Waals surface area contributed by atoms with Gasteiger partial charge in [-0.05, 0) is 52.1 Å². The van der Waals surface area contributed by atoms with E-state index < -0.39 is 5.97 Å². The number of carboxylic acid groups (broad SMARTS) is 1. The van der Waals surface area contributed by atoms with Gasteiger partial charge >= 0.3 is 5.97 Å². The monoisotopic (exact) mass is 355 g/mol. The van der Waals surface area contributed by atoms with Crippen LogP contribution in [-0.2, 0) is 6.42 Å². The zero-order chi connectivity index (χ0) is 14.7. The van der Waals surface area contributed by atoms with Crippen molar-refractivity contribution in [3.63, 3.8) is 0 Å². The van der Waals surface area contributed by atoms with E-state index in [2.05, 4.69) is 30.8 Å². The van der Waals surface area contributed by atoms with E-state index in [4.69, 9.17) is 5.11 Å². The molecule has 0 unspecified atom stereocenters. The fourth-order valence-corrected chi connectivity index (χ4v) is 2.54. The molecule has 0 spiro atoms. The number of aryl methyl sites for hydroxylation is 1.